The Morgan fingerprint density at radius 3 is 2.85 bits per heavy atom. The summed E-state index contributed by atoms with van der Waals surface area (Å²) in [5, 5.41) is 0. The average molecular weight is 276 g/mol. The van der Waals surface area contributed by atoms with Gasteiger partial charge in [0.25, 0.3) is 0 Å². The highest BCUT2D eigenvalue weighted by Gasteiger charge is 2.14. The molecule has 6 heteroatoms. The molecule has 0 radical (unpaired) electrons. The first-order chi connectivity index (χ1) is 9.44. The van der Waals surface area contributed by atoms with Crippen LogP contribution >= 0.6 is 0 Å². The number of benzene rings is 1. The van der Waals surface area contributed by atoms with Crippen LogP contribution in [0, 0.1) is 5.92 Å². The second kappa shape index (κ2) is 5.92. The van der Waals surface area contributed by atoms with E-state index in [0.29, 0.717) is 29.6 Å². The second-order valence-electron chi connectivity index (χ2n) is 5.36. The number of amides is 1. The summed E-state index contributed by atoms with van der Waals surface area (Å²) >= 11 is 0. The van der Waals surface area contributed by atoms with E-state index in [4.69, 9.17) is 15.9 Å². The van der Waals surface area contributed by atoms with Gasteiger partial charge in [0.2, 0.25) is 11.8 Å². The Bertz CT molecular complexity index is 606. The summed E-state index contributed by atoms with van der Waals surface area (Å²) in [6.45, 7) is 5.57. The maximum atomic E-state index is 11.1. The van der Waals surface area contributed by atoms with Crippen molar-refractivity contribution >= 4 is 22.7 Å². The predicted molar refractivity (Wildman–Crippen MR) is 77.7 cm³/mol. The zero-order chi connectivity index (χ0) is 14.7. The highest BCUT2D eigenvalue weighted by atomic mass is 16.3. The van der Waals surface area contributed by atoms with E-state index in [2.05, 4.69) is 18.8 Å². The van der Waals surface area contributed by atoms with Gasteiger partial charge in [-0.25, -0.2) is 4.98 Å². The number of carbonyl (C=O) groups excluding carboxylic acids is 1. The van der Waals surface area contributed by atoms with Crippen LogP contribution in [-0.4, -0.2) is 28.9 Å². The molecule has 0 saturated carbocycles. The summed E-state index contributed by atoms with van der Waals surface area (Å²) in [5.41, 5.74) is 13.0. The van der Waals surface area contributed by atoms with Gasteiger partial charge in [-0.1, -0.05) is 13.8 Å². The number of oxazole rings is 1. The quantitative estimate of drug-likeness (QED) is 0.776. The normalized spacial score (nSPS) is 11.6. The highest BCUT2D eigenvalue weighted by molar-refractivity contribution is 5.77. The molecule has 1 aromatic carbocycles. The molecule has 1 aromatic heterocycles. The molecule has 0 aliphatic carbocycles. The minimum absolute atomic E-state index is 0.193. The second-order valence-corrected chi connectivity index (χ2v) is 5.36. The summed E-state index contributed by atoms with van der Waals surface area (Å²) in [5.74, 6) is 0.632. The number of carbonyl (C=O) groups is 1. The van der Waals surface area contributed by atoms with Crippen LogP contribution in [0.15, 0.2) is 22.6 Å². The summed E-state index contributed by atoms with van der Waals surface area (Å²) < 4.78 is 5.66. The molecule has 20 heavy (non-hydrogen) atoms. The molecule has 1 heterocycles. The van der Waals surface area contributed by atoms with E-state index in [0.717, 1.165) is 12.1 Å². The van der Waals surface area contributed by atoms with Gasteiger partial charge in [0.1, 0.15) is 5.52 Å². The van der Waals surface area contributed by atoms with E-state index in [9.17, 15) is 4.79 Å². The third-order valence-electron chi connectivity index (χ3n) is 2.82. The van der Waals surface area contributed by atoms with E-state index in [1.807, 2.05) is 11.0 Å². The van der Waals surface area contributed by atoms with Crippen LogP contribution < -0.4 is 11.5 Å². The van der Waals surface area contributed by atoms with Crippen molar-refractivity contribution in [2.24, 2.45) is 11.7 Å². The number of fused-ring (bicyclic) bond motifs is 1. The summed E-state index contributed by atoms with van der Waals surface area (Å²) in [6.07, 6.45) is 0. The molecule has 0 spiro atoms. The van der Waals surface area contributed by atoms with Crippen LogP contribution in [0.5, 0.6) is 0 Å². The van der Waals surface area contributed by atoms with E-state index in [1.165, 1.54) is 0 Å². The minimum atomic E-state index is -0.356. The first kappa shape index (κ1) is 14.3. The maximum Gasteiger partial charge on any atom is 0.231 e. The monoisotopic (exact) mass is 276 g/mol. The molecule has 2 aromatic rings. The molecule has 0 saturated heterocycles. The van der Waals surface area contributed by atoms with Crippen LogP contribution in [0.25, 0.3) is 11.1 Å². The molecule has 0 aliphatic rings. The topological polar surface area (TPSA) is 98.4 Å². The zero-order valence-corrected chi connectivity index (χ0v) is 11.8. The summed E-state index contributed by atoms with van der Waals surface area (Å²) in [4.78, 5) is 17.4. The Labute approximate surface area is 117 Å². The largest absolute Gasteiger partial charge is 0.439 e. The number of nitrogens with two attached hydrogens (primary N) is 2. The molecule has 1 amide bonds. The number of rotatable bonds is 6. The van der Waals surface area contributed by atoms with Gasteiger partial charge < -0.3 is 15.9 Å². The van der Waals surface area contributed by atoms with Crippen molar-refractivity contribution in [2.45, 2.75) is 20.4 Å². The van der Waals surface area contributed by atoms with Crippen molar-refractivity contribution in [3.05, 3.63) is 24.1 Å². The van der Waals surface area contributed by atoms with E-state index in [-0.39, 0.29) is 12.5 Å². The average Bonchev–Trinajstić information content (AvgIpc) is 2.68. The molecule has 4 N–H and O–H groups in total. The Morgan fingerprint density at radius 1 is 1.45 bits per heavy atom. The lowest BCUT2D eigenvalue weighted by molar-refractivity contribution is -0.119. The van der Waals surface area contributed by atoms with Crippen LogP contribution in [0.4, 0.5) is 5.69 Å². The lowest BCUT2D eigenvalue weighted by Crippen LogP contribution is -2.35. The van der Waals surface area contributed by atoms with Crippen molar-refractivity contribution in [3.63, 3.8) is 0 Å². The van der Waals surface area contributed by atoms with E-state index < -0.39 is 0 Å². The van der Waals surface area contributed by atoms with Gasteiger partial charge in [0, 0.05) is 18.3 Å². The number of anilines is 1. The molecule has 6 nitrogen and oxygen atoms in total. The molecule has 2 rings (SSSR count). The number of nitrogens with zero attached hydrogens (tertiary/aromatic N) is 2. The SMILES string of the molecule is CC(C)CN(CC(N)=O)Cc1nc2ccc(N)cc2o1. The number of hydrogen-bond donors (Lipinski definition) is 2. The van der Waals surface area contributed by atoms with Crippen LogP contribution in [0.1, 0.15) is 19.7 Å². The van der Waals surface area contributed by atoms with Gasteiger partial charge in [0.05, 0.1) is 13.1 Å². The van der Waals surface area contributed by atoms with Gasteiger partial charge in [-0.3, -0.25) is 9.69 Å². The van der Waals surface area contributed by atoms with Crippen molar-refractivity contribution in [3.8, 4) is 0 Å². The van der Waals surface area contributed by atoms with Crippen molar-refractivity contribution in [1.29, 1.82) is 0 Å². The van der Waals surface area contributed by atoms with Gasteiger partial charge >= 0.3 is 0 Å². The fourth-order valence-electron chi connectivity index (χ4n) is 2.17. The lowest BCUT2D eigenvalue weighted by atomic mass is 10.2. The molecular weight excluding hydrogens is 256 g/mol. The predicted octanol–water partition coefficient (Wildman–Crippen LogP) is 1.35. The van der Waals surface area contributed by atoms with Crippen LogP contribution in [-0.2, 0) is 11.3 Å². The Balaban J connectivity index is 2.16. The standard InChI is InChI=1S/C14H20N4O2/c1-9(2)6-18(7-13(16)19)8-14-17-11-4-3-10(15)5-12(11)20-14/h3-5,9H,6-8,15H2,1-2H3,(H2,16,19). The number of hydrogen-bond acceptors (Lipinski definition) is 5. The third-order valence-corrected chi connectivity index (χ3v) is 2.82. The van der Waals surface area contributed by atoms with Gasteiger partial charge in [-0.15, -0.1) is 0 Å². The van der Waals surface area contributed by atoms with Gasteiger partial charge in [-0.2, -0.15) is 0 Å². The molecule has 108 valence electrons. The number of primary amides is 1. The number of aromatic nitrogens is 1. The molecule has 0 fully saturated rings. The smallest absolute Gasteiger partial charge is 0.231 e. The van der Waals surface area contributed by atoms with E-state index >= 15 is 0 Å². The Morgan fingerprint density at radius 2 is 2.20 bits per heavy atom. The third kappa shape index (κ3) is 3.71. The molecule has 0 bridgehead atoms. The summed E-state index contributed by atoms with van der Waals surface area (Å²) in [7, 11) is 0. The number of nitrogen functional groups attached to an aromatic ring is 1. The fourth-order valence-corrected chi connectivity index (χ4v) is 2.17. The van der Waals surface area contributed by atoms with Gasteiger partial charge in [-0.05, 0) is 18.1 Å². The first-order valence-electron chi connectivity index (χ1n) is 6.59. The minimum Gasteiger partial charge on any atom is -0.439 e. The van der Waals surface area contributed by atoms with Crippen molar-refractivity contribution in [2.75, 3.05) is 18.8 Å². The Hall–Kier alpha value is -2.08. The molecular formula is C14H20N4O2. The summed E-state index contributed by atoms with van der Waals surface area (Å²) in [6, 6.07) is 5.34. The maximum absolute atomic E-state index is 11.1. The zero-order valence-electron chi connectivity index (χ0n) is 11.8. The fraction of sp³-hybridized carbons (Fsp3) is 0.429. The first-order valence-corrected chi connectivity index (χ1v) is 6.59. The van der Waals surface area contributed by atoms with Crippen molar-refractivity contribution in [1.82, 2.24) is 9.88 Å². The molecule has 0 aliphatic heterocycles. The lowest BCUT2D eigenvalue weighted by Gasteiger charge is -2.20. The van der Waals surface area contributed by atoms with Crippen LogP contribution in [0.3, 0.4) is 0 Å². The van der Waals surface area contributed by atoms with Crippen LogP contribution in [0.2, 0.25) is 0 Å². The van der Waals surface area contributed by atoms with E-state index in [1.54, 1.807) is 12.1 Å². The van der Waals surface area contributed by atoms with Crippen molar-refractivity contribution < 1.29 is 9.21 Å². The molecule has 0 unspecified atom stereocenters. The molecule has 0 atom stereocenters. The highest BCUT2D eigenvalue weighted by Crippen LogP contribution is 2.19. The Kier molecular flexibility index (Phi) is 4.24. The van der Waals surface area contributed by atoms with Gasteiger partial charge in [0.15, 0.2) is 5.58 Å².